The maximum atomic E-state index is 11.5. The lowest BCUT2D eigenvalue weighted by Crippen LogP contribution is -2.40. The summed E-state index contributed by atoms with van der Waals surface area (Å²) in [4.78, 5) is 24.8. The van der Waals surface area contributed by atoms with Crippen LogP contribution in [0.4, 0.5) is 0 Å². The van der Waals surface area contributed by atoms with Crippen molar-refractivity contribution in [3.05, 3.63) is 23.0 Å². The summed E-state index contributed by atoms with van der Waals surface area (Å²) >= 11 is 5.61. The summed E-state index contributed by atoms with van der Waals surface area (Å²) < 4.78 is 0. The Balaban J connectivity index is 2.66. The Morgan fingerprint density at radius 1 is 1.67 bits per heavy atom. The third kappa shape index (κ3) is 2.99. The van der Waals surface area contributed by atoms with Crippen LogP contribution in [0, 0.1) is 0 Å². The monoisotopic (exact) mass is 230 g/mol. The van der Waals surface area contributed by atoms with Gasteiger partial charge < -0.3 is 15.4 Å². The fourth-order valence-electron chi connectivity index (χ4n) is 1.07. The molecule has 1 amide bonds. The first-order valence-corrected chi connectivity index (χ1v) is 4.80. The van der Waals surface area contributed by atoms with E-state index in [1.807, 2.05) is 0 Å². The number of halogens is 1. The molecule has 0 saturated heterocycles. The van der Waals surface area contributed by atoms with Gasteiger partial charge in [0, 0.05) is 6.20 Å². The lowest BCUT2D eigenvalue weighted by molar-refractivity contribution is -0.139. The molecule has 0 aliphatic carbocycles. The number of H-pyrrole nitrogens is 1. The van der Waals surface area contributed by atoms with Crippen LogP contribution in [0.15, 0.2) is 12.3 Å². The van der Waals surface area contributed by atoms with Crippen LogP contribution in [0.1, 0.15) is 23.8 Å². The zero-order chi connectivity index (χ0) is 11.4. The van der Waals surface area contributed by atoms with E-state index in [0.717, 1.165) is 0 Å². The van der Waals surface area contributed by atoms with Gasteiger partial charge in [0.2, 0.25) is 0 Å². The summed E-state index contributed by atoms with van der Waals surface area (Å²) in [7, 11) is 0. The van der Waals surface area contributed by atoms with Crippen molar-refractivity contribution in [2.75, 3.05) is 0 Å². The molecule has 5 nitrogen and oxygen atoms in total. The van der Waals surface area contributed by atoms with Crippen LogP contribution in [-0.2, 0) is 4.79 Å². The first-order valence-electron chi connectivity index (χ1n) is 4.42. The normalized spacial score (nSPS) is 12.1. The van der Waals surface area contributed by atoms with Gasteiger partial charge in [-0.15, -0.1) is 0 Å². The van der Waals surface area contributed by atoms with E-state index in [-0.39, 0.29) is 5.69 Å². The maximum Gasteiger partial charge on any atom is 0.326 e. The van der Waals surface area contributed by atoms with Gasteiger partial charge in [-0.05, 0) is 12.5 Å². The van der Waals surface area contributed by atoms with Crippen molar-refractivity contribution in [1.29, 1.82) is 0 Å². The van der Waals surface area contributed by atoms with Crippen molar-refractivity contribution >= 4 is 23.5 Å². The van der Waals surface area contributed by atoms with E-state index in [1.165, 1.54) is 12.3 Å². The number of rotatable bonds is 4. The highest BCUT2D eigenvalue weighted by atomic mass is 35.5. The average Bonchev–Trinajstić information content (AvgIpc) is 2.60. The highest BCUT2D eigenvalue weighted by Gasteiger charge is 2.18. The second-order valence-electron chi connectivity index (χ2n) is 3.00. The number of aromatic nitrogens is 1. The Morgan fingerprint density at radius 3 is 2.73 bits per heavy atom. The van der Waals surface area contributed by atoms with Crippen LogP contribution in [0.3, 0.4) is 0 Å². The SMILES string of the molecule is CC[C@@H](NC(=O)c1cc(Cl)c[nH]1)C(=O)O. The molecule has 6 heteroatoms. The van der Waals surface area contributed by atoms with Crippen molar-refractivity contribution < 1.29 is 14.7 Å². The topological polar surface area (TPSA) is 82.2 Å². The minimum Gasteiger partial charge on any atom is -0.480 e. The number of carbonyl (C=O) groups excluding carboxylic acids is 1. The van der Waals surface area contributed by atoms with Crippen LogP contribution in [0.2, 0.25) is 5.02 Å². The summed E-state index contributed by atoms with van der Waals surface area (Å²) in [5.41, 5.74) is 0.250. The number of hydrogen-bond acceptors (Lipinski definition) is 2. The smallest absolute Gasteiger partial charge is 0.326 e. The van der Waals surface area contributed by atoms with Crippen molar-refractivity contribution in [2.24, 2.45) is 0 Å². The number of amides is 1. The molecular formula is C9H11ClN2O3. The molecule has 3 N–H and O–H groups in total. The van der Waals surface area contributed by atoms with E-state index in [2.05, 4.69) is 10.3 Å². The predicted molar refractivity (Wildman–Crippen MR) is 55.0 cm³/mol. The van der Waals surface area contributed by atoms with Gasteiger partial charge in [-0.2, -0.15) is 0 Å². The molecule has 0 aromatic carbocycles. The first-order chi connectivity index (χ1) is 7.04. The van der Waals surface area contributed by atoms with E-state index in [4.69, 9.17) is 16.7 Å². The predicted octanol–water partition coefficient (Wildman–Crippen LogP) is 1.26. The maximum absolute atomic E-state index is 11.5. The van der Waals surface area contributed by atoms with Gasteiger partial charge in [-0.1, -0.05) is 18.5 Å². The van der Waals surface area contributed by atoms with Crippen molar-refractivity contribution in [1.82, 2.24) is 10.3 Å². The van der Waals surface area contributed by atoms with E-state index >= 15 is 0 Å². The van der Waals surface area contributed by atoms with Crippen LogP contribution in [0.25, 0.3) is 0 Å². The van der Waals surface area contributed by atoms with Crippen LogP contribution < -0.4 is 5.32 Å². The van der Waals surface area contributed by atoms with Crippen LogP contribution in [-0.4, -0.2) is 28.0 Å². The molecule has 1 aromatic heterocycles. The number of carboxylic acids is 1. The second kappa shape index (κ2) is 4.84. The molecule has 0 spiro atoms. The molecule has 0 fully saturated rings. The lowest BCUT2D eigenvalue weighted by atomic mass is 10.2. The number of hydrogen-bond donors (Lipinski definition) is 3. The van der Waals surface area contributed by atoms with Crippen LogP contribution >= 0.6 is 11.6 Å². The highest BCUT2D eigenvalue weighted by molar-refractivity contribution is 6.30. The minimum absolute atomic E-state index is 0.250. The van der Waals surface area contributed by atoms with Crippen molar-refractivity contribution in [2.45, 2.75) is 19.4 Å². The Hall–Kier alpha value is -1.49. The largest absolute Gasteiger partial charge is 0.480 e. The van der Waals surface area contributed by atoms with E-state index in [0.29, 0.717) is 11.4 Å². The van der Waals surface area contributed by atoms with Gasteiger partial charge in [0.15, 0.2) is 0 Å². The molecule has 1 rings (SSSR count). The Kier molecular flexibility index (Phi) is 3.74. The van der Waals surface area contributed by atoms with Crippen molar-refractivity contribution in [3.8, 4) is 0 Å². The van der Waals surface area contributed by atoms with E-state index in [1.54, 1.807) is 6.92 Å². The third-order valence-electron chi connectivity index (χ3n) is 1.90. The molecule has 0 saturated carbocycles. The fraction of sp³-hybridized carbons (Fsp3) is 0.333. The molecule has 0 aliphatic heterocycles. The van der Waals surface area contributed by atoms with Gasteiger partial charge >= 0.3 is 5.97 Å². The van der Waals surface area contributed by atoms with Gasteiger partial charge in [0.25, 0.3) is 5.91 Å². The number of aromatic amines is 1. The number of nitrogens with one attached hydrogen (secondary N) is 2. The molecule has 15 heavy (non-hydrogen) atoms. The molecule has 0 radical (unpaired) electrons. The molecule has 0 bridgehead atoms. The summed E-state index contributed by atoms with van der Waals surface area (Å²) in [5.74, 6) is -1.53. The Morgan fingerprint density at radius 2 is 2.33 bits per heavy atom. The minimum atomic E-state index is -1.05. The van der Waals surface area contributed by atoms with Gasteiger partial charge in [0.05, 0.1) is 5.02 Å². The molecule has 1 aromatic rings. The average molecular weight is 231 g/mol. The second-order valence-corrected chi connectivity index (χ2v) is 3.44. The molecule has 0 aliphatic rings. The van der Waals surface area contributed by atoms with Gasteiger partial charge in [-0.25, -0.2) is 4.79 Å². The zero-order valence-corrected chi connectivity index (χ0v) is 8.84. The summed E-state index contributed by atoms with van der Waals surface area (Å²) in [6.07, 6.45) is 1.79. The first kappa shape index (κ1) is 11.6. The van der Waals surface area contributed by atoms with Gasteiger partial charge in [0.1, 0.15) is 11.7 Å². The van der Waals surface area contributed by atoms with E-state index < -0.39 is 17.9 Å². The Labute approximate surface area is 91.4 Å². The molecular weight excluding hydrogens is 220 g/mol. The molecule has 1 atom stereocenters. The lowest BCUT2D eigenvalue weighted by Gasteiger charge is -2.10. The third-order valence-corrected chi connectivity index (χ3v) is 2.12. The molecule has 1 heterocycles. The van der Waals surface area contributed by atoms with Crippen LogP contribution in [0.5, 0.6) is 0 Å². The van der Waals surface area contributed by atoms with E-state index in [9.17, 15) is 9.59 Å². The Bertz CT molecular complexity index is 375. The fourth-order valence-corrected chi connectivity index (χ4v) is 1.24. The molecule has 82 valence electrons. The summed E-state index contributed by atoms with van der Waals surface area (Å²) in [6, 6.07) is 0.561. The summed E-state index contributed by atoms with van der Waals surface area (Å²) in [5, 5.41) is 11.5. The number of carbonyl (C=O) groups is 2. The summed E-state index contributed by atoms with van der Waals surface area (Å²) in [6.45, 7) is 1.68. The van der Waals surface area contributed by atoms with Gasteiger partial charge in [-0.3, -0.25) is 4.79 Å². The van der Waals surface area contributed by atoms with Crippen molar-refractivity contribution in [3.63, 3.8) is 0 Å². The standard InChI is InChI=1S/C9H11ClN2O3/c1-2-6(9(14)15)12-8(13)7-3-5(10)4-11-7/h3-4,6,11H,2H2,1H3,(H,12,13)(H,14,15)/t6-/m1/s1. The zero-order valence-electron chi connectivity index (χ0n) is 8.08. The quantitative estimate of drug-likeness (QED) is 0.728. The number of aliphatic carboxylic acids is 1. The molecule has 0 unspecified atom stereocenters. The number of carboxylic acid groups (broad SMARTS) is 1. The highest BCUT2D eigenvalue weighted by Crippen LogP contribution is 2.09.